The number of benzene rings is 2. The zero-order chi connectivity index (χ0) is 26.3. The van der Waals surface area contributed by atoms with Gasteiger partial charge in [-0.25, -0.2) is 0 Å². The minimum Gasteiger partial charge on any atom is -0.495 e. The zero-order valence-electron chi connectivity index (χ0n) is 23.3. The van der Waals surface area contributed by atoms with Crippen molar-refractivity contribution in [1.82, 2.24) is 4.90 Å². The van der Waals surface area contributed by atoms with Crippen LogP contribution in [0.4, 0.5) is 5.69 Å². The van der Waals surface area contributed by atoms with Crippen molar-refractivity contribution in [2.75, 3.05) is 64.6 Å². The van der Waals surface area contributed by atoms with Crippen LogP contribution in [0.15, 0.2) is 42.5 Å². The molecule has 0 unspecified atom stereocenters. The Morgan fingerprint density at radius 2 is 1.56 bits per heavy atom. The number of piperazine rings is 1. The molecule has 0 amide bonds. The van der Waals surface area contributed by atoms with Crippen LogP contribution < -0.4 is 14.4 Å². The van der Waals surface area contributed by atoms with Gasteiger partial charge in [-0.3, -0.25) is 4.90 Å². The maximum Gasteiger partial charge on any atom is 0.142 e. The average Bonchev–Trinajstić information content (AvgIpc) is 2.83. The fourth-order valence-corrected chi connectivity index (χ4v) is 4.55. The highest BCUT2D eigenvalue weighted by molar-refractivity contribution is 5.58. The number of aliphatic hydroxyl groups is 1. The van der Waals surface area contributed by atoms with Gasteiger partial charge in [0.1, 0.15) is 18.1 Å². The van der Waals surface area contributed by atoms with E-state index in [1.807, 2.05) is 18.2 Å². The van der Waals surface area contributed by atoms with Crippen LogP contribution in [-0.2, 0) is 15.6 Å². The molecule has 3 rings (SSSR count). The van der Waals surface area contributed by atoms with Crippen molar-refractivity contribution in [3.63, 3.8) is 0 Å². The van der Waals surface area contributed by atoms with Crippen LogP contribution in [0.2, 0.25) is 0 Å². The zero-order valence-corrected chi connectivity index (χ0v) is 23.3. The van der Waals surface area contributed by atoms with Crippen LogP contribution in [-0.4, -0.2) is 75.8 Å². The molecule has 200 valence electrons. The molecule has 0 aliphatic carbocycles. The van der Waals surface area contributed by atoms with Gasteiger partial charge in [0.25, 0.3) is 0 Å². The molecule has 1 heterocycles. The van der Waals surface area contributed by atoms with Gasteiger partial charge >= 0.3 is 0 Å². The van der Waals surface area contributed by atoms with Crippen molar-refractivity contribution in [2.45, 2.75) is 58.5 Å². The van der Waals surface area contributed by atoms with Crippen molar-refractivity contribution in [1.29, 1.82) is 0 Å². The lowest BCUT2D eigenvalue weighted by Crippen LogP contribution is -2.49. The number of β-amino-alcohol motifs (C(OH)–C–C–N with tert-alkyl or cyclic N) is 1. The van der Waals surface area contributed by atoms with Crippen LogP contribution in [0.25, 0.3) is 0 Å². The highest BCUT2D eigenvalue weighted by atomic mass is 16.5. The van der Waals surface area contributed by atoms with E-state index >= 15 is 0 Å². The Bertz CT molecular complexity index is 956. The lowest BCUT2D eigenvalue weighted by molar-refractivity contribution is 0.00704. The number of hydrogen-bond acceptors (Lipinski definition) is 6. The van der Waals surface area contributed by atoms with Gasteiger partial charge in [-0.1, -0.05) is 65.8 Å². The van der Waals surface area contributed by atoms with Crippen molar-refractivity contribution < 1.29 is 19.3 Å². The monoisotopic (exact) mass is 498 g/mol. The predicted octanol–water partition coefficient (Wildman–Crippen LogP) is 4.87. The van der Waals surface area contributed by atoms with E-state index in [2.05, 4.69) is 75.6 Å². The Morgan fingerprint density at radius 1 is 0.861 bits per heavy atom. The van der Waals surface area contributed by atoms with Crippen molar-refractivity contribution >= 4 is 5.69 Å². The Labute approximate surface area is 218 Å². The van der Waals surface area contributed by atoms with Gasteiger partial charge in [0.2, 0.25) is 0 Å². The molecule has 2 aromatic rings. The van der Waals surface area contributed by atoms with E-state index < -0.39 is 6.10 Å². The minimum absolute atomic E-state index is 0.0106. The standard InChI is InChI=1S/C30H46N2O4/c1-29(2,3)23-12-13-27(25(20-23)30(4,5)6)36-19-18-35-22-24(33)21-31-14-16-32(17-15-31)26-10-8-9-11-28(26)34-7/h8-13,20,24,33H,14-19,21-22H2,1-7H3/t24-/m1/s1. The van der Waals surface area contributed by atoms with E-state index in [0.717, 1.165) is 43.4 Å². The molecule has 0 saturated carbocycles. The summed E-state index contributed by atoms with van der Waals surface area (Å²) in [5.74, 6) is 1.81. The summed E-state index contributed by atoms with van der Waals surface area (Å²) in [7, 11) is 1.71. The first-order chi connectivity index (χ1) is 17.0. The molecule has 0 spiro atoms. The summed E-state index contributed by atoms with van der Waals surface area (Å²) in [6.07, 6.45) is -0.515. The second kappa shape index (κ2) is 12.3. The second-order valence-electron chi connectivity index (χ2n) is 11.7. The van der Waals surface area contributed by atoms with E-state index in [4.69, 9.17) is 14.2 Å². The number of ether oxygens (including phenoxy) is 3. The third kappa shape index (κ3) is 7.86. The number of anilines is 1. The number of methoxy groups -OCH3 is 1. The summed E-state index contributed by atoms with van der Waals surface area (Å²) >= 11 is 0. The van der Waals surface area contributed by atoms with E-state index in [1.54, 1.807) is 7.11 Å². The highest BCUT2D eigenvalue weighted by Gasteiger charge is 2.24. The SMILES string of the molecule is COc1ccccc1N1CCN(C[C@@H](O)COCCOc2ccc(C(C)(C)C)cc2C(C)(C)C)CC1. The molecule has 6 nitrogen and oxygen atoms in total. The topological polar surface area (TPSA) is 54.4 Å². The number of para-hydroxylation sites is 2. The van der Waals surface area contributed by atoms with Gasteiger partial charge in [0.05, 0.1) is 32.1 Å². The van der Waals surface area contributed by atoms with Crippen molar-refractivity contribution in [2.24, 2.45) is 0 Å². The number of nitrogens with zero attached hydrogens (tertiary/aromatic N) is 2. The second-order valence-corrected chi connectivity index (χ2v) is 11.7. The van der Waals surface area contributed by atoms with Gasteiger partial charge in [-0.15, -0.1) is 0 Å². The number of hydrogen-bond donors (Lipinski definition) is 1. The van der Waals surface area contributed by atoms with Crippen molar-refractivity contribution in [3.05, 3.63) is 53.6 Å². The van der Waals surface area contributed by atoms with Crippen LogP contribution in [0.3, 0.4) is 0 Å². The average molecular weight is 499 g/mol. The van der Waals surface area contributed by atoms with E-state index in [-0.39, 0.29) is 10.8 Å². The van der Waals surface area contributed by atoms with Crippen molar-refractivity contribution in [3.8, 4) is 11.5 Å². The smallest absolute Gasteiger partial charge is 0.142 e. The summed E-state index contributed by atoms with van der Waals surface area (Å²) in [4.78, 5) is 4.64. The third-order valence-electron chi connectivity index (χ3n) is 6.72. The minimum atomic E-state index is -0.515. The molecule has 0 aromatic heterocycles. The molecule has 36 heavy (non-hydrogen) atoms. The molecular formula is C30H46N2O4. The first-order valence-corrected chi connectivity index (χ1v) is 13.1. The summed E-state index contributed by atoms with van der Waals surface area (Å²) in [6.45, 7) is 18.8. The molecular weight excluding hydrogens is 452 g/mol. The van der Waals surface area contributed by atoms with Gasteiger partial charge in [0.15, 0.2) is 0 Å². The normalized spacial score (nSPS) is 16.2. The lowest BCUT2D eigenvalue weighted by atomic mass is 9.80. The Kier molecular flexibility index (Phi) is 9.67. The van der Waals surface area contributed by atoms with Crippen LogP contribution in [0.5, 0.6) is 11.5 Å². The van der Waals surface area contributed by atoms with Gasteiger partial charge < -0.3 is 24.2 Å². The van der Waals surface area contributed by atoms with E-state index in [1.165, 1.54) is 11.1 Å². The fourth-order valence-electron chi connectivity index (χ4n) is 4.55. The molecule has 6 heteroatoms. The molecule has 1 saturated heterocycles. The summed E-state index contributed by atoms with van der Waals surface area (Å²) in [5, 5.41) is 10.5. The summed E-state index contributed by atoms with van der Waals surface area (Å²) in [5.41, 5.74) is 3.73. The third-order valence-corrected chi connectivity index (χ3v) is 6.72. The molecule has 0 radical (unpaired) electrons. The highest BCUT2D eigenvalue weighted by Crippen LogP contribution is 2.35. The van der Waals surface area contributed by atoms with Gasteiger partial charge in [-0.2, -0.15) is 0 Å². The largest absolute Gasteiger partial charge is 0.495 e. The van der Waals surface area contributed by atoms with E-state index in [0.29, 0.717) is 26.4 Å². The number of aliphatic hydroxyl groups excluding tert-OH is 1. The molecule has 0 bridgehead atoms. The first kappa shape index (κ1) is 28.3. The Hall–Kier alpha value is -2.28. The van der Waals surface area contributed by atoms with Crippen LogP contribution in [0.1, 0.15) is 52.7 Å². The molecule has 1 fully saturated rings. The molecule has 1 atom stereocenters. The Morgan fingerprint density at radius 3 is 2.19 bits per heavy atom. The summed E-state index contributed by atoms with van der Waals surface area (Å²) in [6, 6.07) is 14.6. The Balaban J connectivity index is 1.39. The lowest BCUT2D eigenvalue weighted by Gasteiger charge is -2.37. The van der Waals surface area contributed by atoms with E-state index in [9.17, 15) is 5.11 Å². The quantitative estimate of drug-likeness (QED) is 0.472. The van der Waals surface area contributed by atoms with Crippen LogP contribution in [0, 0.1) is 0 Å². The van der Waals surface area contributed by atoms with Gasteiger partial charge in [-0.05, 0) is 40.2 Å². The summed E-state index contributed by atoms with van der Waals surface area (Å²) < 4.78 is 17.4. The maximum absolute atomic E-state index is 10.5. The van der Waals surface area contributed by atoms with Crippen LogP contribution >= 0.6 is 0 Å². The molecule has 1 N–H and O–H groups in total. The molecule has 2 aromatic carbocycles. The fraction of sp³-hybridized carbons (Fsp3) is 0.600. The molecule has 1 aliphatic rings. The maximum atomic E-state index is 10.5. The first-order valence-electron chi connectivity index (χ1n) is 13.1. The number of rotatable bonds is 10. The molecule has 1 aliphatic heterocycles. The van der Waals surface area contributed by atoms with Gasteiger partial charge in [0, 0.05) is 32.7 Å². The predicted molar refractivity (Wildman–Crippen MR) is 148 cm³/mol.